The van der Waals surface area contributed by atoms with Crippen LogP contribution in [0.4, 0.5) is 0 Å². The van der Waals surface area contributed by atoms with E-state index in [4.69, 9.17) is 4.74 Å². The lowest BCUT2D eigenvalue weighted by molar-refractivity contribution is 0.189. The quantitative estimate of drug-likeness (QED) is 0.585. The largest absolute Gasteiger partial charge is 0.494 e. The fourth-order valence-corrected chi connectivity index (χ4v) is 5.15. The molecule has 1 heterocycles. The molecule has 0 N–H and O–H groups in total. The molecule has 0 amide bonds. The summed E-state index contributed by atoms with van der Waals surface area (Å²) in [5.41, 5.74) is 0. The Morgan fingerprint density at radius 3 is 2.11 bits per heavy atom. The van der Waals surface area contributed by atoms with Crippen molar-refractivity contribution in [1.29, 1.82) is 0 Å². The number of hydrogen-bond donors (Lipinski definition) is 0. The van der Waals surface area contributed by atoms with E-state index in [1.54, 1.807) is 24.3 Å². The van der Waals surface area contributed by atoms with Gasteiger partial charge in [0.1, 0.15) is 5.75 Å². The third-order valence-electron chi connectivity index (χ3n) is 4.54. The Morgan fingerprint density at radius 2 is 1.59 bits per heavy atom. The molecule has 0 spiro atoms. The van der Waals surface area contributed by atoms with Gasteiger partial charge in [0.25, 0.3) is 0 Å². The van der Waals surface area contributed by atoms with Gasteiger partial charge in [0.05, 0.1) is 17.3 Å². The van der Waals surface area contributed by atoms with Crippen molar-refractivity contribution in [2.45, 2.75) is 18.2 Å². The van der Waals surface area contributed by atoms with Crippen molar-refractivity contribution < 1.29 is 21.6 Å². The second kappa shape index (κ2) is 9.33. The van der Waals surface area contributed by atoms with E-state index in [0.717, 1.165) is 0 Å². The first-order chi connectivity index (χ1) is 12.7. The highest BCUT2D eigenvalue weighted by Gasteiger charge is 2.28. The molecule has 10 heteroatoms. The molecule has 0 bridgehead atoms. The van der Waals surface area contributed by atoms with Gasteiger partial charge in [0, 0.05) is 40.3 Å². The highest BCUT2D eigenvalue weighted by Crippen LogP contribution is 2.21. The Balaban J connectivity index is 1.87. The summed E-state index contributed by atoms with van der Waals surface area (Å²) in [6, 6.07) is 6.47. The molecule has 1 aliphatic rings. The Labute approximate surface area is 162 Å². The van der Waals surface area contributed by atoms with Crippen LogP contribution in [-0.2, 0) is 20.0 Å². The van der Waals surface area contributed by atoms with Crippen LogP contribution in [0.3, 0.4) is 0 Å². The lowest BCUT2D eigenvalue weighted by Gasteiger charge is -2.34. The lowest BCUT2D eigenvalue weighted by atomic mass is 10.3. The molecule has 1 saturated heterocycles. The number of benzene rings is 1. The van der Waals surface area contributed by atoms with Crippen molar-refractivity contribution in [3.63, 3.8) is 0 Å². The summed E-state index contributed by atoms with van der Waals surface area (Å²) in [4.78, 5) is 2.37. The molecule has 0 aliphatic carbocycles. The highest BCUT2D eigenvalue weighted by molar-refractivity contribution is 7.89. The van der Waals surface area contributed by atoms with Gasteiger partial charge in [-0.15, -0.1) is 0 Å². The van der Waals surface area contributed by atoms with Gasteiger partial charge in [-0.1, -0.05) is 0 Å². The molecule has 8 nitrogen and oxygen atoms in total. The summed E-state index contributed by atoms with van der Waals surface area (Å²) in [6.07, 6.45) is 0.534. The molecule has 1 aliphatic heterocycles. The molecule has 2 rings (SSSR count). The second-order valence-electron chi connectivity index (χ2n) is 6.60. The molecule has 1 aromatic carbocycles. The maximum Gasteiger partial charge on any atom is 0.243 e. The minimum atomic E-state index is -3.52. The van der Waals surface area contributed by atoms with Crippen LogP contribution in [0.15, 0.2) is 29.2 Å². The standard InChI is InChI=1S/C17H29N3O5S2/c1-4-25-16-6-8-17(9-7-16)27(23,24)20-13-11-19(12-14-20)10-5-15-26(21,22)18(2)3/h6-9H,4-5,10-15H2,1-3H3. The van der Waals surface area contributed by atoms with Crippen molar-refractivity contribution in [2.24, 2.45) is 0 Å². The van der Waals surface area contributed by atoms with Gasteiger partial charge in [-0.25, -0.2) is 21.1 Å². The van der Waals surface area contributed by atoms with Crippen molar-refractivity contribution in [3.8, 4) is 5.75 Å². The summed E-state index contributed by atoms with van der Waals surface area (Å²) in [7, 11) is -3.65. The van der Waals surface area contributed by atoms with Gasteiger partial charge in [-0.2, -0.15) is 4.31 Å². The maximum atomic E-state index is 12.8. The molecule has 1 aromatic rings. The number of hydrogen-bond acceptors (Lipinski definition) is 6. The third kappa shape index (κ3) is 5.89. The second-order valence-corrected chi connectivity index (χ2v) is 10.8. The lowest BCUT2D eigenvalue weighted by Crippen LogP contribution is -2.48. The fourth-order valence-electron chi connectivity index (χ4n) is 2.87. The van der Waals surface area contributed by atoms with Crippen molar-refractivity contribution in [2.75, 3.05) is 59.2 Å². The molecular weight excluding hydrogens is 390 g/mol. The number of ether oxygens (including phenoxy) is 1. The average Bonchev–Trinajstić information content (AvgIpc) is 2.62. The minimum Gasteiger partial charge on any atom is -0.494 e. The van der Waals surface area contributed by atoms with Crippen LogP contribution in [0.1, 0.15) is 13.3 Å². The van der Waals surface area contributed by atoms with E-state index in [2.05, 4.69) is 4.90 Å². The average molecular weight is 420 g/mol. The fraction of sp³-hybridized carbons (Fsp3) is 0.647. The van der Waals surface area contributed by atoms with E-state index < -0.39 is 20.0 Å². The summed E-state index contributed by atoms with van der Waals surface area (Å²) in [5.74, 6) is 0.749. The van der Waals surface area contributed by atoms with Crippen LogP contribution in [0.5, 0.6) is 5.75 Å². The first-order valence-electron chi connectivity index (χ1n) is 9.02. The SMILES string of the molecule is CCOc1ccc(S(=O)(=O)N2CCN(CCCS(=O)(=O)N(C)C)CC2)cc1. The van der Waals surface area contributed by atoms with Crippen molar-refractivity contribution in [3.05, 3.63) is 24.3 Å². The van der Waals surface area contributed by atoms with Gasteiger partial charge in [0.15, 0.2) is 0 Å². The molecular formula is C17H29N3O5S2. The molecule has 154 valence electrons. The number of rotatable bonds is 9. The number of piperazine rings is 1. The van der Waals surface area contributed by atoms with Crippen molar-refractivity contribution in [1.82, 2.24) is 13.5 Å². The third-order valence-corrected chi connectivity index (χ3v) is 8.37. The van der Waals surface area contributed by atoms with Crippen molar-refractivity contribution >= 4 is 20.0 Å². The van der Waals surface area contributed by atoms with Gasteiger partial charge < -0.3 is 9.64 Å². The summed E-state index contributed by atoms with van der Waals surface area (Å²) >= 11 is 0. The van der Waals surface area contributed by atoms with Gasteiger partial charge in [-0.05, 0) is 44.2 Å². The first kappa shape index (κ1) is 22.1. The predicted molar refractivity (Wildman–Crippen MR) is 105 cm³/mol. The minimum absolute atomic E-state index is 0.102. The molecule has 0 atom stereocenters. The smallest absolute Gasteiger partial charge is 0.243 e. The van der Waals surface area contributed by atoms with Crippen LogP contribution in [0.2, 0.25) is 0 Å². The van der Waals surface area contributed by atoms with E-state index in [1.165, 1.54) is 22.7 Å². The molecule has 0 aromatic heterocycles. The van der Waals surface area contributed by atoms with Crippen LogP contribution >= 0.6 is 0 Å². The summed E-state index contributed by atoms with van der Waals surface area (Å²) in [5, 5.41) is 0. The van der Waals surface area contributed by atoms with E-state index >= 15 is 0 Å². The van der Waals surface area contributed by atoms with Crippen LogP contribution in [0.25, 0.3) is 0 Å². The van der Waals surface area contributed by atoms with E-state index in [9.17, 15) is 16.8 Å². The Kier molecular flexibility index (Phi) is 7.64. The first-order valence-corrected chi connectivity index (χ1v) is 12.1. The van der Waals surface area contributed by atoms with E-state index in [1.807, 2.05) is 6.92 Å². The monoisotopic (exact) mass is 419 g/mol. The predicted octanol–water partition coefficient (Wildman–Crippen LogP) is 0.673. The Morgan fingerprint density at radius 1 is 1.00 bits per heavy atom. The molecule has 1 fully saturated rings. The normalized spacial score (nSPS) is 17.3. The summed E-state index contributed by atoms with van der Waals surface area (Å²) < 4.78 is 57.2. The Bertz CT molecular complexity index is 799. The van der Waals surface area contributed by atoms with E-state index in [0.29, 0.717) is 51.5 Å². The maximum absolute atomic E-state index is 12.8. The topological polar surface area (TPSA) is 87.2 Å². The van der Waals surface area contributed by atoms with Gasteiger partial charge >= 0.3 is 0 Å². The molecule has 27 heavy (non-hydrogen) atoms. The summed E-state index contributed by atoms with van der Waals surface area (Å²) in [6.45, 7) is 5.04. The zero-order valence-corrected chi connectivity index (χ0v) is 17.8. The van der Waals surface area contributed by atoms with E-state index in [-0.39, 0.29) is 10.6 Å². The van der Waals surface area contributed by atoms with Gasteiger partial charge in [0.2, 0.25) is 20.0 Å². The van der Waals surface area contributed by atoms with Crippen LogP contribution in [-0.4, -0.2) is 89.5 Å². The number of nitrogens with zero attached hydrogens (tertiary/aromatic N) is 3. The zero-order chi connectivity index (χ0) is 20.1. The zero-order valence-electron chi connectivity index (χ0n) is 16.2. The highest BCUT2D eigenvalue weighted by atomic mass is 32.2. The molecule has 0 saturated carbocycles. The number of sulfonamides is 2. The molecule has 0 radical (unpaired) electrons. The van der Waals surface area contributed by atoms with Crippen LogP contribution < -0.4 is 4.74 Å². The van der Waals surface area contributed by atoms with Crippen LogP contribution in [0, 0.1) is 0 Å². The Hall–Kier alpha value is -1.20. The molecule has 0 unspecified atom stereocenters. The van der Waals surface area contributed by atoms with Gasteiger partial charge in [-0.3, -0.25) is 0 Å².